The summed E-state index contributed by atoms with van der Waals surface area (Å²) < 4.78 is 8.88. The van der Waals surface area contributed by atoms with E-state index in [9.17, 15) is 14.4 Å². The highest BCUT2D eigenvalue weighted by molar-refractivity contribution is 5.82. The molecule has 0 atom stereocenters. The highest BCUT2D eigenvalue weighted by atomic mass is 16.6. The van der Waals surface area contributed by atoms with Crippen molar-refractivity contribution in [2.45, 2.75) is 42.5 Å². The summed E-state index contributed by atoms with van der Waals surface area (Å²) in [6.45, 7) is 5.66. The fourth-order valence-electron chi connectivity index (χ4n) is 1.03. The summed E-state index contributed by atoms with van der Waals surface area (Å²) in [7, 11) is 0. The quantitative estimate of drug-likeness (QED) is 0.449. The predicted molar refractivity (Wildman–Crippen MR) is 78.4 cm³/mol. The van der Waals surface area contributed by atoms with Gasteiger partial charge in [-0.15, -0.1) is 0 Å². The molecule has 0 N–H and O–H groups in total. The SMILES string of the molecule is C.C.CC(=O)OC(C)=O.CC(=O)Oc1ccccc1C. The Kier molecular flexibility index (Phi) is 13.7. The Hall–Kier alpha value is -2.17. The number of benzene rings is 1. The first-order chi connectivity index (χ1) is 8.32. The number of esters is 3. The van der Waals surface area contributed by atoms with Gasteiger partial charge in [0.1, 0.15) is 5.75 Å². The van der Waals surface area contributed by atoms with Gasteiger partial charge >= 0.3 is 17.9 Å². The molecule has 0 amide bonds. The minimum Gasteiger partial charge on any atom is -0.426 e. The van der Waals surface area contributed by atoms with Crippen LogP contribution in [0.4, 0.5) is 0 Å². The van der Waals surface area contributed by atoms with Gasteiger partial charge in [0.15, 0.2) is 0 Å². The van der Waals surface area contributed by atoms with E-state index in [4.69, 9.17) is 4.74 Å². The summed E-state index contributed by atoms with van der Waals surface area (Å²) in [4.78, 5) is 30.2. The molecule has 0 aliphatic carbocycles. The Morgan fingerprint density at radius 3 is 1.60 bits per heavy atom. The van der Waals surface area contributed by atoms with E-state index in [1.165, 1.54) is 20.8 Å². The third kappa shape index (κ3) is 12.3. The van der Waals surface area contributed by atoms with Crippen molar-refractivity contribution in [2.24, 2.45) is 0 Å². The van der Waals surface area contributed by atoms with Crippen molar-refractivity contribution in [3.05, 3.63) is 29.8 Å². The third-order valence-electron chi connectivity index (χ3n) is 1.63. The summed E-state index contributed by atoms with van der Waals surface area (Å²) in [5.41, 5.74) is 0.975. The normalized spacial score (nSPS) is 7.80. The zero-order chi connectivity index (χ0) is 14.1. The van der Waals surface area contributed by atoms with Crippen LogP contribution in [0.3, 0.4) is 0 Å². The van der Waals surface area contributed by atoms with Gasteiger partial charge in [-0.1, -0.05) is 33.1 Å². The van der Waals surface area contributed by atoms with E-state index in [2.05, 4.69) is 4.74 Å². The molecule has 1 aromatic carbocycles. The van der Waals surface area contributed by atoms with Crippen LogP contribution in [0.5, 0.6) is 5.75 Å². The Morgan fingerprint density at radius 1 is 0.850 bits per heavy atom. The largest absolute Gasteiger partial charge is 0.426 e. The second-order valence-corrected chi connectivity index (χ2v) is 3.44. The zero-order valence-electron chi connectivity index (χ0n) is 10.9. The summed E-state index contributed by atoms with van der Waals surface area (Å²) in [6.07, 6.45) is 0. The molecule has 0 aromatic heterocycles. The Balaban J connectivity index is -0.000000286. The molecule has 1 rings (SSSR count). The third-order valence-corrected chi connectivity index (χ3v) is 1.63. The van der Waals surface area contributed by atoms with Crippen molar-refractivity contribution >= 4 is 17.9 Å². The van der Waals surface area contributed by atoms with E-state index >= 15 is 0 Å². The Morgan fingerprint density at radius 2 is 1.30 bits per heavy atom. The van der Waals surface area contributed by atoms with Gasteiger partial charge in [0.05, 0.1) is 0 Å². The van der Waals surface area contributed by atoms with Crippen molar-refractivity contribution in [2.75, 3.05) is 0 Å². The van der Waals surface area contributed by atoms with Gasteiger partial charge < -0.3 is 9.47 Å². The molecule has 0 aliphatic rings. The van der Waals surface area contributed by atoms with Crippen LogP contribution >= 0.6 is 0 Å². The topological polar surface area (TPSA) is 69.7 Å². The van der Waals surface area contributed by atoms with Crippen LogP contribution in [0.25, 0.3) is 0 Å². The zero-order valence-corrected chi connectivity index (χ0v) is 10.9. The fraction of sp³-hybridized carbons (Fsp3) is 0.400. The molecule has 0 spiro atoms. The molecular formula is C15H24O5. The second-order valence-electron chi connectivity index (χ2n) is 3.44. The fourth-order valence-corrected chi connectivity index (χ4v) is 1.03. The maximum atomic E-state index is 10.5. The van der Waals surface area contributed by atoms with Crippen molar-refractivity contribution in [3.63, 3.8) is 0 Å². The van der Waals surface area contributed by atoms with Crippen LogP contribution in [0.1, 0.15) is 41.2 Å². The minimum atomic E-state index is -0.562. The van der Waals surface area contributed by atoms with E-state index in [0.717, 1.165) is 5.56 Å². The first-order valence-corrected chi connectivity index (χ1v) is 5.26. The van der Waals surface area contributed by atoms with Crippen LogP contribution in [-0.2, 0) is 19.1 Å². The number of para-hydroxylation sites is 1. The van der Waals surface area contributed by atoms with Gasteiger partial charge in [0.25, 0.3) is 0 Å². The number of carbonyl (C=O) groups excluding carboxylic acids is 3. The average Bonchev–Trinajstić information content (AvgIpc) is 2.19. The molecule has 0 unspecified atom stereocenters. The van der Waals surface area contributed by atoms with Gasteiger partial charge in [-0.2, -0.15) is 0 Å². The summed E-state index contributed by atoms with van der Waals surface area (Å²) >= 11 is 0. The van der Waals surface area contributed by atoms with Gasteiger partial charge in [-0.25, -0.2) is 0 Å². The molecule has 0 saturated heterocycles. The van der Waals surface area contributed by atoms with E-state index in [1.807, 2.05) is 25.1 Å². The maximum absolute atomic E-state index is 10.5. The van der Waals surface area contributed by atoms with Crippen LogP contribution in [0, 0.1) is 6.92 Å². The number of ether oxygens (including phenoxy) is 2. The molecule has 5 nitrogen and oxygen atoms in total. The van der Waals surface area contributed by atoms with Gasteiger partial charge in [-0.05, 0) is 18.6 Å². The molecule has 0 aliphatic heterocycles. The van der Waals surface area contributed by atoms with Gasteiger partial charge in [0, 0.05) is 20.8 Å². The van der Waals surface area contributed by atoms with Crippen LogP contribution < -0.4 is 4.74 Å². The van der Waals surface area contributed by atoms with E-state index in [-0.39, 0.29) is 20.8 Å². The molecular weight excluding hydrogens is 260 g/mol. The maximum Gasteiger partial charge on any atom is 0.310 e. The average molecular weight is 284 g/mol. The van der Waals surface area contributed by atoms with Gasteiger partial charge in [0.2, 0.25) is 0 Å². The molecule has 0 saturated carbocycles. The molecule has 0 radical (unpaired) electrons. The standard InChI is InChI=1S/C9H10O2.C4H6O3.2CH4/c1-7-5-3-4-6-9(7)11-8(2)10;1-3(5)7-4(2)6;;/h3-6H,1-2H3;1-2H3;2*1H4. The number of hydrogen-bond acceptors (Lipinski definition) is 5. The molecule has 5 heteroatoms. The molecule has 0 fully saturated rings. The van der Waals surface area contributed by atoms with Crippen molar-refractivity contribution in [1.82, 2.24) is 0 Å². The molecule has 0 heterocycles. The summed E-state index contributed by atoms with van der Waals surface area (Å²) in [5, 5.41) is 0. The Bertz CT molecular complexity index is 426. The monoisotopic (exact) mass is 284 g/mol. The summed E-state index contributed by atoms with van der Waals surface area (Å²) in [6, 6.07) is 7.42. The lowest BCUT2D eigenvalue weighted by Crippen LogP contribution is -2.03. The van der Waals surface area contributed by atoms with Crippen LogP contribution in [-0.4, -0.2) is 17.9 Å². The van der Waals surface area contributed by atoms with E-state index < -0.39 is 11.9 Å². The number of hydrogen-bond donors (Lipinski definition) is 0. The minimum absolute atomic E-state index is 0. The van der Waals surface area contributed by atoms with Crippen molar-refractivity contribution < 1.29 is 23.9 Å². The first kappa shape index (κ1) is 23.0. The molecule has 20 heavy (non-hydrogen) atoms. The molecule has 0 bridgehead atoms. The molecule has 114 valence electrons. The van der Waals surface area contributed by atoms with Crippen molar-refractivity contribution in [1.29, 1.82) is 0 Å². The van der Waals surface area contributed by atoms with Crippen LogP contribution in [0.2, 0.25) is 0 Å². The molecule has 1 aromatic rings. The number of aryl methyl sites for hydroxylation is 1. The second kappa shape index (κ2) is 11.9. The smallest absolute Gasteiger partial charge is 0.310 e. The first-order valence-electron chi connectivity index (χ1n) is 5.26. The highest BCUT2D eigenvalue weighted by Crippen LogP contribution is 2.15. The van der Waals surface area contributed by atoms with Crippen LogP contribution in [0.15, 0.2) is 24.3 Å². The Labute approximate surface area is 120 Å². The van der Waals surface area contributed by atoms with Gasteiger partial charge in [-0.3, -0.25) is 14.4 Å². The lowest BCUT2D eigenvalue weighted by atomic mass is 10.2. The van der Waals surface area contributed by atoms with E-state index in [0.29, 0.717) is 5.75 Å². The lowest BCUT2D eigenvalue weighted by Gasteiger charge is -2.02. The predicted octanol–water partition coefficient (Wildman–Crippen LogP) is 3.29. The summed E-state index contributed by atoms with van der Waals surface area (Å²) in [5.74, 6) is -0.765. The number of rotatable bonds is 1. The lowest BCUT2D eigenvalue weighted by molar-refractivity contribution is -0.156. The highest BCUT2D eigenvalue weighted by Gasteiger charge is 1.99. The number of carbonyl (C=O) groups is 3. The van der Waals surface area contributed by atoms with Crippen molar-refractivity contribution in [3.8, 4) is 5.75 Å². The van der Waals surface area contributed by atoms with E-state index in [1.54, 1.807) is 6.07 Å².